The molecule has 2 heterocycles. The van der Waals surface area contributed by atoms with Crippen molar-refractivity contribution in [3.05, 3.63) is 28.8 Å². The molecule has 2 heteroatoms. The number of aryl methyl sites for hydroxylation is 1. The van der Waals surface area contributed by atoms with Gasteiger partial charge in [-0.05, 0) is 24.5 Å². The fourth-order valence-corrected chi connectivity index (χ4v) is 2.93. The van der Waals surface area contributed by atoms with E-state index in [0.29, 0.717) is 5.92 Å². The number of fused-ring (bicyclic) bond motifs is 1. The summed E-state index contributed by atoms with van der Waals surface area (Å²) in [7, 11) is 0. The minimum atomic E-state index is 0.595. The van der Waals surface area contributed by atoms with Crippen LogP contribution in [0.15, 0.2) is 18.3 Å². The molecule has 0 N–H and O–H groups in total. The topological polar surface area (TPSA) is 12.9 Å². The van der Waals surface area contributed by atoms with E-state index >= 15 is 0 Å². The maximum absolute atomic E-state index is 4.36. The van der Waals surface area contributed by atoms with E-state index in [0.717, 1.165) is 0 Å². The van der Waals surface area contributed by atoms with Gasteiger partial charge in [0.2, 0.25) is 0 Å². The second-order valence-electron chi connectivity index (χ2n) is 3.58. The molecule has 13 heavy (non-hydrogen) atoms. The molecule has 0 amide bonds. The summed E-state index contributed by atoms with van der Waals surface area (Å²) in [6.45, 7) is 6.66. The Morgan fingerprint density at radius 1 is 1.38 bits per heavy atom. The smallest absolute Gasteiger partial charge is 0.123 e. The van der Waals surface area contributed by atoms with Crippen molar-refractivity contribution in [3.63, 3.8) is 0 Å². The van der Waals surface area contributed by atoms with E-state index in [1.165, 1.54) is 20.7 Å². The summed E-state index contributed by atoms with van der Waals surface area (Å²) < 4.78 is 0. The maximum Gasteiger partial charge on any atom is 0.123 e. The normalized spacial score (nSPS) is 11.4. The molecule has 0 aliphatic heterocycles. The molecule has 2 rings (SSSR count). The lowest BCUT2D eigenvalue weighted by molar-refractivity contribution is 0.873. The summed E-state index contributed by atoms with van der Waals surface area (Å²) in [5.41, 5.74) is 1.47. The third-order valence-electron chi connectivity index (χ3n) is 2.27. The molecular weight excluding hydrogens is 178 g/mol. The van der Waals surface area contributed by atoms with Gasteiger partial charge in [0.05, 0.1) is 0 Å². The molecule has 0 atom stereocenters. The summed E-state index contributed by atoms with van der Waals surface area (Å²) in [6, 6.07) is 4.18. The number of pyridine rings is 1. The van der Waals surface area contributed by atoms with E-state index in [4.69, 9.17) is 0 Å². The van der Waals surface area contributed by atoms with Crippen LogP contribution in [0.3, 0.4) is 0 Å². The molecule has 2 aromatic rings. The van der Waals surface area contributed by atoms with Crippen LogP contribution in [0.1, 0.15) is 30.2 Å². The number of thiophene rings is 1. The molecule has 0 bridgehead atoms. The van der Waals surface area contributed by atoms with Crippen LogP contribution >= 0.6 is 11.3 Å². The van der Waals surface area contributed by atoms with Crippen molar-refractivity contribution >= 4 is 21.6 Å². The zero-order valence-electron chi connectivity index (χ0n) is 8.16. The van der Waals surface area contributed by atoms with Crippen LogP contribution in [-0.2, 0) is 0 Å². The molecule has 1 nitrogen and oxygen atoms in total. The fourth-order valence-electron chi connectivity index (χ4n) is 1.78. The Kier molecular flexibility index (Phi) is 2.08. The molecule has 0 radical (unpaired) electrons. The summed E-state index contributed by atoms with van der Waals surface area (Å²) >= 11 is 1.80. The van der Waals surface area contributed by atoms with Gasteiger partial charge in [0.25, 0.3) is 0 Å². The highest BCUT2D eigenvalue weighted by Crippen LogP contribution is 2.33. The Bertz CT molecular complexity index is 429. The van der Waals surface area contributed by atoms with Gasteiger partial charge in [-0.25, -0.2) is 4.98 Å². The highest BCUT2D eigenvalue weighted by Gasteiger charge is 2.11. The Balaban J connectivity index is 2.78. The number of hydrogen-bond donors (Lipinski definition) is 0. The molecular formula is C11H13NS. The molecule has 0 fully saturated rings. The van der Waals surface area contributed by atoms with Gasteiger partial charge in [-0.1, -0.05) is 19.9 Å². The summed E-state index contributed by atoms with van der Waals surface area (Å²) in [5, 5.41) is 1.33. The molecule has 2 aromatic heterocycles. The van der Waals surface area contributed by atoms with Gasteiger partial charge in [0, 0.05) is 16.5 Å². The van der Waals surface area contributed by atoms with Gasteiger partial charge < -0.3 is 0 Å². The van der Waals surface area contributed by atoms with Gasteiger partial charge in [-0.2, -0.15) is 0 Å². The van der Waals surface area contributed by atoms with E-state index in [9.17, 15) is 0 Å². The Morgan fingerprint density at radius 2 is 2.15 bits per heavy atom. The molecule has 0 aliphatic carbocycles. The van der Waals surface area contributed by atoms with Crippen molar-refractivity contribution in [2.45, 2.75) is 26.7 Å². The summed E-state index contributed by atoms with van der Waals surface area (Å²) in [4.78, 5) is 6.94. The van der Waals surface area contributed by atoms with Crippen molar-refractivity contribution in [2.24, 2.45) is 0 Å². The Morgan fingerprint density at radius 3 is 2.85 bits per heavy atom. The molecule has 0 aromatic carbocycles. The van der Waals surface area contributed by atoms with Gasteiger partial charge in [-0.15, -0.1) is 11.3 Å². The summed E-state index contributed by atoms with van der Waals surface area (Å²) in [6.07, 6.45) is 1.86. The van der Waals surface area contributed by atoms with Gasteiger partial charge in [0.15, 0.2) is 0 Å². The summed E-state index contributed by atoms with van der Waals surface area (Å²) in [5.74, 6) is 0.595. The molecule has 68 valence electrons. The fraction of sp³-hybridized carbons (Fsp3) is 0.364. The van der Waals surface area contributed by atoms with Crippen LogP contribution < -0.4 is 0 Å². The Hall–Kier alpha value is -0.890. The first kappa shape index (κ1) is 8.70. The van der Waals surface area contributed by atoms with Crippen LogP contribution in [0.5, 0.6) is 0 Å². The molecule has 0 unspecified atom stereocenters. The van der Waals surface area contributed by atoms with Crippen molar-refractivity contribution in [2.75, 3.05) is 0 Å². The van der Waals surface area contributed by atoms with Crippen molar-refractivity contribution in [1.29, 1.82) is 0 Å². The first-order valence-electron chi connectivity index (χ1n) is 4.54. The Labute approximate surface area is 82.4 Å². The standard InChI is InChI=1S/C11H13NS/c1-7(2)10-8(3)13-11-9(10)5-4-6-12-11/h4-7H,1-3H3. The average Bonchev–Trinajstić information content (AvgIpc) is 2.39. The SMILES string of the molecule is Cc1sc2ncccc2c1C(C)C. The zero-order valence-corrected chi connectivity index (χ0v) is 8.98. The predicted octanol–water partition coefficient (Wildman–Crippen LogP) is 3.73. The zero-order chi connectivity index (χ0) is 9.42. The first-order chi connectivity index (χ1) is 6.20. The first-order valence-corrected chi connectivity index (χ1v) is 5.36. The third-order valence-corrected chi connectivity index (χ3v) is 3.31. The molecule has 0 aliphatic rings. The predicted molar refractivity (Wildman–Crippen MR) is 58.4 cm³/mol. The lowest BCUT2D eigenvalue weighted by atomic mass is 10.0. The van der Waals surface area contributed by atoms with Crippen LogP contribution in [0.4, 0.5) is 0 Å². The van der Waals surface area contributed by atoms with Crippen LogP contribution in [0, 0.1) is 6.92 Å². The second-order valence-corrected chi connectivity index (χ2v) is 4.79. The molecule has 0 spiro atoms. The van der Waals surface area contributed by atoms with E-state index in [-0.39, 0.29) is 0 Å². The average molecular weight is 191 g/mol. The van der Waals surface area contributed by atoms with Gasteiger partial charge >= 0.3 is 0 Å². The highest BCUT2D eigenvalue weighted by molar-refractivity contribution is 7.18. The van der Waals surface area contributed by atoms with E-state index < -0.39 is 0 Å². The van der Waals surface area contributed by atoms with Gasteiger partial charge in [0.1, 0.15) is 4.83 Å². The van der Waals surface area contributed by atoms with Crippen molar-refractivity contribution in [3.8, 4) is 0 Å². The third kappa shape index (κ3) is 1.35. The number of hydrogen-bond acceptors (Lipinski definition) is 2. The van der Waals surface area contributed by atoms with E-state index in [1.807, 2.05) is 12.3 Å². The highest BCUT2D eigenvalue weighted by atomic mass is 32.1. The van der Waals surface area contributed by atoms with Crippen molar-refractivity contribution in [1.82, 2.24) is 4.98 Å². The monoisotopic (exact) mass is 191 g/mol. The molecule has 0 saturated carbocycles. The number of aromatic nitrogens is 1. The van der Waals surface area contributed by atoms with Crippen LogP contribution in [0.25, 0.3) is 10.2 Å². The maximum atomic E-state index is 4.36. The van der Waals surface area contributed by atoms with Crippen LogP contribution in [0.2, 0.25) is 0 Å². The largest absolute Gasteiger partial charge is 0.245 e. The van der Waals surface area contributed by atoms with E-state index in [1.54, 1.807) is 11.3 Å². The van der Waals surface area contributed by atoms with E-state index in [2.05, 4.69) is 31.8 Å². The second kappa shape index (κ2) is 3.11. The van der Waals surface area contributed by atoms with Crippen molar-refractivity contribution < 1.29 is 0 Å². The number of nitrogens with zero attached hydrogens (tertiary/aromatic N) is 1. The minimum absolute atomic E-state index is 0.595. The van der Waals surface area contributed by atoms with Gasteiger partial charge in [-0.3, -0.25) is 0 Å². The molecule has 0 saturated heterocycles. The minimum Gasteiger partial charge on any atom is -0.245 e. The lowest BCUT2D eigenvalue weighted by Crippen LogP contribution is -1.86. The quantitative estimate of drug-likeness (QED) is 0.669. The van der Waals surface area contributed by atoms with Crippen LogP contribution in [-0.4, -0.2) is 4.98 Å². The number of rotatable bonds is 1. The lowest BCUT2D eigenvalue weighted by Gasteiger charge is -2.03.